The van der Waals surface area contributed by atoms with Gasteiger partial charge in [-0.3, -0.25) is 0 Å². The van der Waals surface area contributed by atoms with Crippen LogP contribution in [0.1, 0.15) is 24.8 Å². The Morgan fingerprint density at radius 2 is 2.08 bits per heavy atom. The largest absolute Gasteiger partial charge is 0.381 e. The van der Waals surface area contributed by atoms with Crippen molar-refractivity contribution in [2.75, 3.05) is 43.2 Å². The molecule has 2 unspecified atom stereocenters. The summed E-state index contributed by atoms with van der Waals surface area (Å²) < 4.78 is 5.55. The monoisotopic (exact) mass is 340 g/mol. The number of hydrogen-bond donors (Lipinski definition) is 2. The lowest BCUT2D eigenvalue weighted by atomic mass is 9.73. The van der Waals surface area contributed by atoms with Crippen molar-refractivity contribution in [1.82, 2.24) is 10.6 Å². The van der Waals surface area contributed by atoms with E-state index in [1.165, 1.54) is 42.9 Å². The minimum atomic E-state index is 0.319. The fourth-order valence-corrected chi connectivity index (χ4v) is 4.97. The summed E-state index contributed by atoms with van der Waals surface area (Å²) in [6.45, 7) is 4.25. The van der Waals surface area contributed by atoms with Gasteiger partial charge >= 0.3 is 0 Å². The first-order valence-electron chi connectivity index (χ1n) is 9.62. The van der Waals surface area contributed by atoms with Gasteiger partial charge < -0.3 is 25.2 Å². The molecule has 0 aliphatic carbocycles. The molecular formula is C20H28N4O. The van der Waals surface area contributed by atoms with Crippen LogP contribution in [-0.2, 0) is 11.2 Å². The first-order valence-corrected chi connectivity index (χ1v) is 9.62. The molecule has 5 heteroatoms. The van der Waals surface area contributed by atoms with Gasteiger partial charge in [0.15, 0.2) is 0 Å². The average Bonchev–Trinajstić information content (AvgIpc) is 3.05. The molecule has 2 saturated heterocycles. The lowest BCUT2D eigenvalue weighted by molar-refractivity contribution is -0.000189. The third kappa shape index (κ3) is 2.52. The summed E-state index contributed by atoms with van der Waals surface area (Å²) in [6.07, 6.45) is 9.32. The minimum absolute atomic E-state index is 0.319. The van der Waals surface area contributed by atoms with Crippen LogP contribution in [0.25, 0.3) is 0 Å². The smallest absolute Gasteiger partial charge is 0.118 e. The Bertz CT molecular complexity index is 674. The van der Waals surface area contributed by atoms with Gasteiger partial charge in [0, 0.05) is 61.5 Å². The van der Waals surface area contributed by atoms with E-state index in [-0.39, 0.29) is 0 Å². The van der Waals surface area contributed by atoms with Crippen molar-refractivity contribution in [3.8, 4) is 0 Å². The van der Waals surface area contributed by atoms with Crippen LogP contribution in [0.15, 0.2) is 30.6 Å². The maximum atomic E-state index is 5.55. The Balaban J connectivity index is 1.40. The molecule has 25 heavy (non-hydrogen) atoms. The molecule has 0 saturated carbocycles. The van der Waals surface area contributed by atoms with Gasteiger partial charge in [-0.1, -0.05) is 6.07 Å². The van der Waals surface area contributed by atoms with Gasteiger partial charge in [-0.15, -0.1) is 0 Å². The summed E-state index contributed by atoms with van der Waals surface area (Å²) in [4.78, 5) is 4.96. The predicted molar refractivity (Wildman–Crippen MR) is 101 cm³/mol. The van der Waals surface area contributed by atoms with E-state index in [1.54, 1.807) is 0 Å². The van der Waals surface area contributed by atoms with Crippen LogP contribution in [0.4, 0.5) is 11.4 Å². The Labute approximate surface area is 150 Å². The van der Waals surface area contributed by atoms with Crippen LogP contribution >= 0.6 is 0 Å². The molecule has 4 aliphatic rings. The highest BCUT2D eigenvalue weighted by Crippen LogP contribution is 2.43. The average molecular weight is 340 g/mol. The molecule has 2 atom stereocenters. The highest BCUT2D eigenvalue weighted by atomic mass is 16.5. The number of ether oxygens (including phenoxy) is 1. The fourth-order valence-electron chi connectivity index (χ4n) is 4.97. The zero-order chi connectivity index (χ0) is 16.9. The quantitative estimate of drug-likeness (QED) is 0.862. The van der Waals surface area contributed by atoms with Gasteiger partial charge in [0.2, 0.25) is 0 Å². The molecule has 1 spiro atoms. The van der Waals surface area contributed by atoms with E-state index in [2.05, 4.69) is 58.1 Å². The third-order valence-corrected chi connectivity index (χ3v) is 6.60. The Kier molecular flexibility index (Phi) is 3.68. The van der Waals surface area contributed by atoms with E-state index in [4.69, 9.17) is 4.74 Å². The van der Waals surface area contributed by atoms with Crippen molar-refractivity contribution in [2.45, 2.75) is 37.9 Å². The van der Waals surface area contributed by atoms with Crippen LogP contribution in [0.2, 0.25) is 0 Å². The van der Waals surface area contributed by atoms with Crippen LogP contribution in [-0.4, -0.2) is 45.6 Å². The zero-order valence-corrected chi connectivity index (χ0v) is 15.0. The summed E-state index contributed by atoms with van der Waals surface area (Å²) in [6, 6.07) is 7.54. The number of benzene rings is 1. The van der Waals surface area contributed by atoms with Gasteiger partial charge in [-0.05, 0) is 50.4 Å². The van der Waals surface area contributed by atoms with E-state index in [0.29, 0.717) is 17.6 Å². The molecule has 1 aromatic rings. The maximum Gasteiger partial charge on any atom is 0.118 e. The first kappa shape index (κ1) is 15.5. The van der Waals surface area contributed by atoms with Crippen molar-refractivity contribution in [2.24, 2.45) is 5.41 Å². The SMILES string of the molecule is CNC1CCc2ccc(N3CC4(CCOCC4)C3)cc2N2C=CNC12. The van der Waals surface area contributed by atoms with Gasteiger partial charge in [0.25, 0.3) is 0 Å². The minimum Gasteiger partial charge on any atom is -0.381 e. The molecular weight excluding hydrogens is 312 g/mol. The Morgan fingerprint density at radius 1 is 1.24 bits per heavy atom. The molecule has 1 aromatic carbocycles. The van der Waals surface area contributed by atoms with Crippen molar-refractivity contribution in [1.29, 1.82) is 0 Å². The number of likely N-dealkylation sites (N-methyl/N-ethyl adjacent to an activating group) is 1. The lowest BCUT2D eigenvalue weighted by Gasteiger charge is -2.53. The van der Waals surface area contributed by atoms with Crippen molar-refractivity contribution in [3.63, 3.8) is 0 Å². The number of aryl methyl sites for hydroxylation is 1. The first-order chi connectivity index (χ1) is 12.3. The molecule has 0 amide bonds. The topological polar surface area (TPSA) is 39.8 Å². The second kappa shape index (κ2) is 5.92. The molecule has 0 bridgehead atoms. The number of rotatable bonds is 2. The molecule has 2 N–H and O–H groups in total. The number of nitrogens with one attached hydrogen (secondary N) is 2. The summed E-state index contributed by atoms with van der Waals surface area (Å²) in [5.41, 5.74) is 4.72. The van der Waals surface area contributed by atoms with Crippen LogP contribution in [0.3, 0.4) is 0 Å². The molecule has 5 rings (SSSR count). The molecule has 0 aromatic heterocycles. The molecule has 2 fully saturated rings. The van der Waals surface area contributed by atoms with E-state index < -0.39 is 0 Å². The lowest BCUT2D eigenvalue weighted by Crippen LogP contribution is -2.58. The van der Waals surface area contributed by atoms with Gasteiger partial charge in [-0.25, -0.2) is 0 Å². The molecule has 4 aliphatic heterocycles. The molecule has 4 heterocycles. The van der Waals surface area contributed by atoms with E-state index in [0.717, 1.165) is 26.1 Å². The van der Waals surface area contributed by atoms with E-state index >= 15 is 0 Å². The maximum absolute atomic E-state index is 5.55. The van der Waals surface area contributed by atoms with Crippen LogP contribution < -0.4 is 20.4 Å². The van der Waals surface area contributed by atoms with Gasteiger partial charge in [0.1, 0.15) is 6.17 Å². The highest BCUT2D eigenvalue weighted by molar-refractivity contribution is 5.67. The second-order valence-electron chi connectivity index (χ2n) is 8.05. The molecule has 134 valence electrons. The normalized spacial score (nSPS) is 29.6. The third-order valence-electron chi connectivity index (χ3n) is 6.60. The number of fused-ring (bicyclic) bond motifs is 3. The molecule has 0 radical (unpaired) electrons. The summed E-state index contributed by atoms with van der Waals surface area (Å²) in [5.74, 6) is 0. The van der Waals surface area contributed by atoms with E-state index in [1.807, 2.05) is 0 Å². The summed E-state index contributed by atoms with van der Waals surface area (Å²) in [5, 5.41) is 7.00. The Morgan fingerprint density at radius 3 is 2.88 bits per heavy atom. The number of nitrogens with zero attached hydrogens (tertiary/aromatic N) is 2. The predicted octanol–water partition coefficient (Wildman–Crippen LogP) is 2.04. The molecule has 5 nitrogen and oxygen atoms in total. The zero-order valence-electron chi connectivity index (χ0n) is 15.0. The summed E-state index contributed by atoms with van der Waals surface area (Å²) in [7, 11) is 2.07. The van der Waals surface area contributed by atoms with Crippen molar-refractivity contribution >= 4 is 11.4 Å². The summed E-state index contributed by atoms with van der Waals surface area (Å²) >= 11 is 0. The van der Waals surface area contributed by atoms with E-state index in [9.17, 15) is 0 Å². The van der Waals surface area contributed by atoms with Gasteiger partial charge in [-0.2, -0.15) is 0 Å². The van der Waals surface area contributed by atoms with Crippen molar-refractivity contribution in [3.05, 3.63) is 36.2 Å². The fraction of sp³-hybridized carbons (Fsp3) is 0.600. The van der Waals surface area contributed by atoms with Crippen molar-refractivity contribution < 1.29 is 4.74 Å². The van der Waals surface area contributed by atoms with Crippen LogP contribution in [0, 0.1) is 5.41 Å². The second-order valence-corrected chi connectivity index (χ2v) is 8.05. The highest BCUT2D eigenvalue weighted by Gasteiger charge is 2.44. The number of hydrogen-bond acceptors (Lipinski definition) is 5. The Hall–Kier alpha value is -1.72. The van der Waals surface area contributed by atoms with Crippen LogP contribution in [0.5, 0.6) is 0 Å². The number of anilines is 2. The standard InChI is InChI=1S/C20H28N4O/c1-21-17-5-3-15-2-4-16(12-18(15)24-9-8-22-19(17)24)23-13-20(14-23)6-10-25-11-7-20/h2,4,8-9,12,17,19,21-22H,3,5-7,10-11,13-14H2,1H3. The van der Waals surface area contributed by atoms with Gasteiger partial charge in [0.05, 0.1) is 0 Å².